The van der Waals surface area contributed by atoms with Gasteiger partial charge in [0.15, 0.2) is 11.6 Å². The van der Waals surface area contributed by atoms with Crippen LogP contribution in [0.1, 0.15) is 72.4 Å². The Bertz CT molecular complexity index is 893. The summed E-state index contributed by atoms with van der Waals surface area (Å²) in [6.45, 7) is 7.95. The smallest absolute Gasteiger partial charge is 0.194 e. The molecule has 1 aliphatic rings. The number of carbonyl (C=O) groups excluding carboxylic acids is 2. The number of hydrogen-bond acceptors (Lipinski definition) is 4. The highest BCUT2D eigenvalue weighted by molar-refractivity contribution is 6.28. The third-order valence-electron chi connectivity index (χ3n) is 4.65. The van der Waals surface area contributed by atoms with Gasteiger partial charge in [0.05, 0.1) is 11.4 Å². The summed E-state index contributed by atoms with van der Waals surface area (Å²) in [6.07, 6.45) is 1.68. The molecule has 0 heterocycles. The maximum atomic E-state index is 13.0. The molecule has 132 valence electrons. The molecule has 0 bridgehead atoms. The van der Waals surface area contributed by atoms with Crippen LogP contribution in [0.25, 0.3) is 0 Å². The van der Waals surface area contributed by atoms with Crippen LogP contribution in [-0.2, 0) is 0 Å². The molecule has 26 heavy (non-hydrogen) atoms. The lowest BCUT2D eigenvalue weighted by Crippen LogP contribution is -2.20. The Labute approximate surface area is 153 Å². The molecule has 4 heteroatoms. The Morgan fingerprint density at radius 3 is 1.46 bits per heavy atom. The van der Waals surface area contributed by atoms with Gasteiger partial charge in [-0.2, -0.15) is 0 Å². The first kappa shape index (κ1) is 17.9. The minimum absolute atomic E-state index is 0.125. The summed E-state index contributed by atoms with van der Waals surface area (Å²) in [5.41, 5.74) is 5.07. The van der Waals surface area contributed by atoms with Gasteiger partial charge < -0.3 is 0 Å². The summed E-state index contributed by atoms with van der Waals surface area (Å²) in [7, 11) is 0. The van der Waals surface area contributed by atoms with E-state index in [1.165, 1.54) is 0 Å². The lowest BCUT2D eigenvalue weighted by atomic mass is 9.83. The van der Waals surface area contributed by atoms with Crippen molar-refractivity contribution in [3.63, 3.8) is 0 Å². The number of hydrogen-bond donors (Lipinski definition) is 0. The van der Waals surface area contributed by atoms with E-state index in [1.807, 2.05) is 27.7 Å². The van der Waals surface area contributed by atoms with Crippen LogP contribution in [0.5, 0.6) is 0 Å². The zero-order valence-corrected chi connectivity index (χ0v) is 15.6. The van der Waals surface area contributed by atoms with Crippen molar-refractivity contribution in [1.82, 2.24) is 0 Å². The third-order valence-corrected chi connectivity index (χ3v) is 4.65. The number of nitrogens with zero attached hydrogens (tertiary/aromatic N) is 2. The van der Waals surface area contributed by atoms with Crippen LogP contribution in [0, 0.1) is 0 Å². The van der Waals surface area contributed by atoms with E-state index in [2.05, 4.69) is 9.98 Å². The highest BCUT2D eigenvalue weighted by Crippen LogP contribution is 2.32. The Balaban J connectivity index is 2.10. The lowest BCUT2D eigenvalue weighted by molar-refractivity contribution is 0.0979. The van der Waals surface area contributed by atoms with Gasteiger partial charge in [0.1, 0.15) is 0 Å². The second-order valence-electron chi connectivity index (χ2n) is 6.52. The van der Waals surface area contributed by atoms with E-state index < -0.39 is 0 Å². The molecule has 0 amide bonds. The predicted molar refractivity (Wildman–Crippen MR) is 106 cm³/mol. The first-order valence-electron chi connectivity index (χ1n) is 8.90. The van der Waals surface area contributed by atoms with E-state index in [4.69, 9.17) is 0 Å². The fourth-order valence-electron chi connectivity index (χ4n) is 2.86. The molecule has 0 saturated heterocycles. The number of fused-ring (bicyclic) bond motifs is 2. The minimum atomic E-state index is -0.146. The van der Waals surface area contributed by atoms with Crippen LogP contribution in [0.2, 0.25) is 0 Å². The van der Waals surface area contributed by atoms with Crippen molar-refractivity contribution in [3.05, 3.63) is 58.7 Å². The fraction of sp³-hybridized carbons (Fsp3) is 0.273. The molecule has 2 aromatic carbocycles. The molecule has 0 aliphatic heterocycles. The summed E-state index contributed by atoms with van der Waals surface area (Å²) in [4.78, 5) is 34.8. The van der Waals surface area contributed by atoms with Gasteiger partial charge in [0, 0.05) is 33.7 Å². The quantitative estimate of drug-likeness (QED) is 0.588. The van der Waals surface area contributed by atoms with Gasteiger partial charge in [-0.15, -0.1) is 0 Å². The van der Waals surface area contributed by atoms with E-state index in [1.54, 1.807) is 36.4 Å². The number of rotatable bonds is 4. The zero-order chi connectivity index (χ0) is 18.8. The summed E-state index contributed by atoms with van der Waals surface area (Å²) in [5.74, 6) is -0.271. The van der Waals surface area contributed by atoms with Crippen molar-refractivity contribution in [1.29, 1.82) is 0 Å². The van der Waals surface area contributed by atoms with Crippen molar-refractivity contribution >= 4 is 34.4 Å². The van der Waals surface area contributed by atoms with Gasteiger partial charge in [-0.05, 0) is 63.1 Å². The van der Waals surface area contributed by atoms with Gasteiger partial charge in [-0.1, -0.05) is 13.8 Å². The fourth-order valence-corrected chi connectivity index (χ4v) is 2.86. The molecule has 0 radical (unpaired) electrons. The number of benzene rings is 2. The first-order chi connectivity index (χ1) is 12.4. The predicted octanol–water partition coefficient (Wildman–Crippen LogP) is 5.47. The number of ketones is 2. The maximum absolute atomic E-state index is 13.0. The van der Waals surface area contributed by atoms with E-state index in [0.717, 1.165) is 24.3 Å². The zero-order valence-electron chi connectivity index (χ0n) is 15.6. The molecule has 0 fully saturated rings. The molecule has 0 saturated carbocycles. The third kappa shape index (κ3) is 3.27. The highest BCUT2D eigenvalue weighted by atomic mass is 16.1. The molecule has 0 unspecified atom stereocenters. The van der Waals surface area contributed by atoms with Crippen LogP contribution in [0.3, 0.4) is 0 Å². The van der Waals surface area contributed by atoms with Gasteiger partial charge in [0.25, 0.3) is 0 Å². The Kier molecular flexibility index (Phi) is 4.94. The monoisotopic (exact) mass is 346 g/mol. The Hall–Kier alpha value is -2.88. The van der Waals surface area contributed by atoms with Crippen molar-refractivity contribution in [2.75, 3.05) is 0 Å². The van der Waals surface area contributed by atoms with E-state index >= 15 is 0 Å². The van der Waals surface area contributed by atoms with Crippen molar-refractivity contribution in [2.45, 2.75) is 40.5 Å². The first-order valence-corrected chi connectivity index (χ1v) is 8.90. The number of aliphatic imine (C=N–C) groups is 2. The second kappa shape index (κ2) is 7.16. The summed E-state index contributed by atoms with van der Waals surface area (Å²) >= 11 is 0. The van der Waals surface area contributed by atoms with Gasteiger partial charge in [-0.3, -0.25) is 19.6 Å². The summed E-state index contributed by atoms with van der Waals surface area (Å²) < 4.78 is 0. The maximum Gasteiger partial charge on any atom is 0.194 e. The Morgan fingerprint density at radius 2 is 1.08 bits per heavy atom. The van der Waals surface area contributed by atoms with Crippen LogP contribution < -0.4 is 0 Å². The van der Waals surface area contributed by atoms with Crippen molar-refractivity contribution in [2.24, 2.45) is 9.98 Å². The van der Waals surface area contributed by atoms with Gasteiger partial charge >= 0.3 is 0 Å². The Morgan fingerprint density at radius 1 is 0.692 bits per heavy atom. The average molecular weight is 346 g/mol. The summed E-state index contributed by atoms with van der Waals surface area (Å²) in [6, 6.07) is 10.4. The largest absolute Gasteiger partial charge is 0.289 e. The van der Waals surface area contributed by atoms with Crippen LogP contribution in [-0.4, -0.2) is 23.0 Å². The van der Waals surface area contributed by atoms with Crippen LogP contribution >= 0.6 is 0 Å². The molecule has 1 aliphatic carbocycles. The van der Waals surface area contributed by atoms with E-state index in [9.17, 15) is 9.59 Å². The van der Waals surface area contributed by atoms with Gasteiger partial charge in [-0.25, -0.2) is 0 Å². The highest BCUT2D eigenvalue weighted by Gasteiger charge is 2.30. The second-order valence-corrected chi connectivity index (χ2v) is 6.52. The van der Waals surface area contributed by atoms with Gasteiger partial charge in [0.2, 0.25) is 0 Å². The summed E-state index contributed by atoms with van der Waals surface area (Å²) in [5, 5.41) is 0. The molecule has 2 aromatic rings. The van der Waals surface area contributed by atoms with E-state index in [0.29, 0.717) is 33.6 Å². The minimum Gasteiger partial charge on any atom is -0.289 e. The van der Waals surface area contributed by atoms with Crippen LogP contribution in [0.4, 0.5) is 11.4 Å². The lowest BCUT2D eigenvalue weighted by Gasteiger charge is -2.18. The molecule has 0 spiro atoms. The van der Waals surface area contributed by atoms with Crippen molar-refractivity contribution < 1.29 is 9.59 Å². The SMILES string of the molecule is CCC(C)=Nc1ccc2c(c1)C(=O)c1cc(N=C(C)CC)ccc1C2=O. The van der Waals surface area contributed by atoms with E-state index in [-0.39, 0.29) is 11.6 Å². The standard InChI is InChI=1S/C22H22N2O2/c1-5-13(3)23-15-7-9-17-19(11-15)22(26)20-12-16(24-14(4)6-2)8-10-18(20)21(17)25/h7-12H,5-6H2,1-4H3. The molecular formula is C22H22N2O2. The van der Waals surface area contributed by atoms with Crippen LogP contribution in [0.15, 0.2) is 46.4 Å². The normalized spacial score (nSPS) is 14.3. The van der Waals surface area contributed by atoms with Crippen molar-refractivity contribution in [3.8, 4) is 0 Å². The molecule has 4 nitrogen and oxygen atoms in total. The topological polar surface area (TPSA) is 58.9 Å². The molecule has 0 aromatic heterocycles. The number of carbonyl (C=O) groups is 2. The molecule has 0 atom stereocenters. The average Bonchev–Trinajstić information content (AvgIpc) is 2.65. The molecular weight excluding hydrogens is 324 g/mol. The molecule has 0 N–H and O–H groups in total. The molecule has 3 rings (SSSR count).